The van der Waals surface area contributed by atoms with E-state index in [0.29, 0.717) is 32.8 Å². The molecule has 2 saturated heterocycles. The van der Waals surface area contributed by atoms with Gasteiger partial charge in [0, 0.05) is 70.2 Å². The number of ether oxygens (including phenoxy) is 2. The number of aromatic nitrogens is 1. The van der Waals surface area contributed by atoms with Gasteiger partial charge in [-0.25, -0.2) is 4.79 Å². The van der Waals surface area contributed by atoms with Crippen LogP contribution in [0.15, 0.2) is 42.7 Å². The molecule has 1 aromatic heterocycles. The zero-order valence-corrected chi connectivity index (χ0v) is 19.3. The first-order valence-corrected chi connectivity index (χ1v) is 12.0. The summed E-state index contributed by atoms with van der Waals surface area (Å²) in [6, 6.07) is 9.32. The van der Waals surface area contributed by atoms with Crippen molar-refractivity contribution in [1.82, 2.24) is 19.7 Å². The Hall–Kier alpha value is -3.17. The average molecular weight is 466 g/mol. The van der Waals surface area contributed by atoms with Gasteiger partial charge in [0.1, 0.15) is 11.9 Å². The minimum atomic E-state index is -0.126. The number of nitrogens with zero attached hydrogens (tertiary/aromatic N) is 4. The Kier molecular flexibility index (Phi) is 6.92. The maximum absolute atomic E-state index is 12.6. The molecule has 3 aliphatic heterocycles. The zero-order chi connectivity index (χ0) is 23.3. The number of amides is 3. The number of carbonyl (C=O) groups excluding carboxylic acids is 2. The van der Waals surface area contributed by atoms with Crippen LogP contribution in [0.25, 0.3) is 0 Å². The second kappa shape index (κ2) is 10.4. The molecule has 5 rings (SSSR count). The molecule has 9 heteroatoms. The normalized spacial score (nSPS) is 19.1. The first-order chi connectivity index (χ1) is 16.6. The van der Waals surface area contributed by atoms with Crippen LogP contribution < -0.4 is 10.1 Å². The molecule has 0 radical (unpaired) electrons. The van der Waals surface area contributed by atoms with Crippen molar-refractivity contribution in [2.24, 2.45) is 0 Å². The first kappa shape index (κ1) is 22.6. The molecule has 34 heavy (non-hydrogen) atoms. The molecule has 0 atom stereocenters. The van der Waals surface area contributed by atoms with Gasteiger partial charge in [0.15, 0.2) is 0 Å². The van der Waals surface area contributed by atoms with E-state index in [1.54, 1.807) is 11.1 Å². The van der Waals surface area contributed by atoms with Gasteiger partial charge in [-0.15, -0.1) is 0 Å². The summed E-state index contributed by atoms with van der Waals surface area (Å²) >= 11 is 0. The van der Waals surface area contributed by atoms with Crippen LogP contribution in [0, 0.1) is 0 Å². The van der Waals surface area contributed by atoms with Gasteiger partial charge >= 0.3 is 6.03 Å². The van der Waals surface area contributed by atoms with Gasteiger partial charge < -0.3 is 24.6 Å². The quantitative estimate of drug-likeness (QED) is 0.729. The van der Waals surface area contributed by atoms with Gasteiger partial charge in [-0.3, -0.25) is 14.7 Å². The number of carbonyl (C=O) groups is 2. The van der Waals surface area contributed by atoms with Crippen molar-refractivity contribution < 1.29 is 19.1 Å². The molecule has 180 valence electrons. The molecule has 0 unspecified atom stereocenters. The molecule has 0 saturated carbocycles. The highest BCUT2D eigenvalue weighted by Crippen LogP contribution is 2.24. The van der Waals surface area contributed by atoms with Crippen LogP contribution in [-0.4, -0.2) is 83.7 Å². The number of urea groups is 1. The van der Waals surface area contributed by atoms with E-state index in [0.717, 1.165) is 61.6 Å². The highest BCUT2D eigenvalue weighted by molar-refractivity contribution is 5.89. The number of benzene rings is 1. The summed E-state index contributed by atoms with van der Waals surface area (Å²) in [5.41, 5.74) is 2.97. The first-order valence-electron chi connectivity index (χ1n) is 12.0. The van der Waals surface area contributed by atoms with Gasteiger partial charge in [-0.2, -0.15) is 0 Å². The zero-order valence-electron chi connectivity index (χ0n) is 19.3. The standard InChI is InChI=1S/C25H31N5O4/c31-24(18-28-11-13-33-14-12-28)29-9-6-23(7-10-29)34-22-3-1-21(2-4-22)27-25(32)30-16-19-5-8-26-15-20(19)17-30/h1-5,8,15,23H,6-7,9-14,16-18H2,(H,27,32). The van der Waals surface area contributed by atoms with E-state index < -0.39 is 0 Å². The number of piperidine rings is 1. The fraction of sp³-hybridized carbons (Fsp3) is 0.480. The minimum Gasteiger partial charge on any atom is -0.490 e. The number of nitrogens with one attached hydrogen (secondary N) is 1. The summed E-state index contributed by atoms with van der Waals surface area (Å²) in [6.45, 7) is 6.14. The summed E-state index contributed by atoms with van der Waals surface area (Å²) in [5, 5.41) is 2.96. The number of rotatable bonds is 5. The molecular formula is C25H31N5O4. The maximum Gasteiger partial charge on any atom is 0.322 e. The number of fused-ring (bicyclic) bond motifs is 1. The lowest BCUT2D eigenvalue weighted by Crippen LogP contribution is -2.48. The van der Waals surface area contributed by atoms with Crippen LogP contribution in [0.2, 0.25) is 0 Å². The lowest BCUT2D eigenvalue weighted by Gasteiger charge is -2.34. The third-order valence-electron chi connectivity index (χ3n) is 6.68. The molecule has 0 aliphatic carbocycles. The molecular weight excluding hydrogens is 434 g/mol. The smallest absolute Gasteiger partial charge is 0.322 e. The Balaban J connectivity index is 1.05. The fourth-order valence-electron chi connectivity index (χ4n) is 4.65. The molecule has 0 bridgehead atoms. The largest absolute Gasteiger partial charge is 0.490 e. The molecule has 2 fully saturated rings. The third-order valence-corrected chi connectivity index (χ3v) is 6.68. The summed E-state index contributed by atoms with van der Waals surface area (Å²) in [7, 11) is 0. The highest BCUT2D eigenvalue weighted by atomic mass is 16.5. The van der Waals surface area contributed by atoms with Gasteiger partial charge in [-0.05, 0) is 41.5 Å². The predicted octanol–water partition coefficient (Wildman–Crippen LogP) is 2.33. The number of hydrogen-bond donors (Lipinski definition) is 1. The van der Waals surface area contributed by atoms with Crippen LogP contribution in [0.3, 0.4) is 0 Å². The van der Waals surface area contributed by atoms with E-state index in [9.17, 15) is 9.59 Å². The molecule has 4 heterocycles. The van der Waals surface area contributed by atoms with E-state index in [4.69, 9.17) is 9.47 Å². The van der Waals surface area contributed by atoms with Crippen molar-refractivity contribution in [2.45, 2.75) is 32.0 Å². The topological polar surface area (TPSA) is 87.2 Å². The van der Waals surface area contributed by atoms with Crippen LogP contribution in [0.4, 0.5) is 10.5 Å². The van der Waals surface area contributed by atoms with Crippen LogP contribution in [0.5, 0.6) is 5.75 Å². The van der Waals surface area contributed by atoms with Crippen LogP contribution in [0.1, 0.15) is 24.0 Å². The predicted molar refractivity (Wildman–Crippen MR) is 126 cm³/mol. The number of pyridine rings is 1. The van der Waals surface area contributed by atoms with Crippen LogP contribution >= 0.6 is 0 Å². The molecule has 9 nitrogen and oxygen atoms in total. The third kappa shape index (κ3) is 5.48. The molecule has 2 aromatic rings. The molecule has 3 aliphatic rings. The molecule has 0 spiro atoms. The van der Waals surface area contributed by atoms with Gasteiger partial charge in [-0.1, -0.05) is 0 Å². The Labute approximate surface area is 199 Å². The van der Waals surface area contributed by atoms with Gasteiger partial charge in [0.2, 0.25) is 5.91 Å². The summed E-state index contributed by atoms with van der Waals surface area (Å²) in [4.78, 5) is 35.2. The second-order valence-electron chi connectivity index (χ2n) is 9.04. The second-order valence-corrected chi connectivity index (χ2v) is 9.04. The van der Waals surface area contributed by atoms with Crippen molar-refractivity contribution in [1.29, 1.82) is 0 Å². The van der Waals surface area contributed by atoms with E-state index in [2.05, 4.69) is 15.2 Å². The fourth-order valence-corrected chi connectivity index (χ4v) is 4.65. The van der Waals surface area contributed by atoms with Gasteiger partial charge in [0.05, 0.1) is 19.8 Å². The number of likely N-dealkylation sites (tertiary alicyclic amines) is 1. The Bertz CT molecular complexity index is 976. The average Bonchev–Trinajstić information content (AvgIpc) is 3.31. The summed E-state index contributed by atoms with van der Waals surface area (Å²) in [5.74, 6) is 0.966. The van der Waals surface area contributed by atoms with Crippen molar-refractivity contribution in [3.05, 3.63) is 53.9 Å². The molecule has 1 N–H and O–H groups in total. The lowest BCUT2D eigenvalue weighted by molar-refractivity contribution is -0.135. The summed E-state index contributed by atoms with van der Waals surface area (Å²) in [6.07, 6.45) is 5.30. The maximum atomic E-state index is 12.6. The Morgan fingerprint density at radius 1 is 0.971 bits per heavy atom. The van der Waals surface area contributed by atoms with Crippen LogP contribution in [-0.2, 0) is 22.6 Å². The van der Waals surface area contributed by atoms with Crippen molar-refractivity contribution in [2.75, 3.05) is 51.3 Å². The number of morpholine rings is 1. The van der Waals surface area contributed by atoms with Crippen molar-refractivity contribution in [3.8, 4) is 5.75 Å². The Morgan fingerprint density at radius 2 is 1.71 bits per heavy atom. The monoisotopic (exact) mass is 465 g/mol. The SMILES string of the molecule is O=C(CN1CCOCC1)N1CCC(Oc2ccc(NC(=O)N3Cc4ccncc4C3)cc2)CC1. The number of hydrogen-bond acceptors (Lipinski definition) is 6. The van der Waals surface area contributed by atoms with E-state index in [-0.39, 0.29) is 18.0 Å². The van der Waals surface area contributed by atoms with E-state index in [1.807, 2.05) is 41.4 Å². The van der Waals surface area contributed by atoms with Gasteiger partial charge in [0.25, 0.3) is 0 Å². The van der Waals surface area contributed by atoms with Crippen molar-refractivity contribution in [3.63, 3.8) is 0 Å². The minimum absolute atomic E-state index is 0.0876. The number of anilines is 1. The summed E-state index contributed by atoms with van der Waals surface area (Å²) < 4.78 is 11.5. The van der Waals surface area contributed by atoms with E-state index >= 15 is 0 Å². The van der Waals surface area contributed by atoms with Crippen molar-refractivity contribution >= 4 is 17.6 Å². The highest BCUT2D eigenvalue weighted by Gasteiger charge is 2.26. The Morgan fingerprint density at radius 3 is 2.44 bits per heavy atom. The lowest BCUT2D eigenvalue weighted by atomic mass is 10.1. The molecule has 1 aromatic carbocycles. The van der Waals surface area contributed by atoms with E-state index in [1.165, 1.54) is 0 Å². The molecule has 3 amide bonds.